The van der Waals surface area contributed by atoms with E-state index in [-0.39, 0.29) is 0 Å². The average molecular weight is 276 g/mol. The van der Waals surface area contributed by atoms with Crippen LogP contribution in [0.3, 0.4) is 0 Å². The zero-order valence-electron chi connectivity index (χ0n) is 11.0. The van der Waals surface area contributed by atoms with Crippen molar-refractivity contribution in [1.82, 2.24) is 15.5 Å². The molecular weight excluding hydrogens is 258 g/mol. The van der Waals surface area contributed by atoms with Gasteiger partial charge in [0, 0.05) is 28.9 Å². The molecule has 3 rings (SSSR count). The van der Waals surface area contributed by atoms with Crippen LogP contribution in [0.2, 0.25) is 5.02 Å². The third-order valence-electron chi connectivity index (χ3n) is 3.77. The Bertz CT molecular complexity index is 543. The van der Waals surface area contributed by atoms with Crippen LogP contribution in [0.1, 0.15) is 35.7 Å². The van der Waals surface area contributed by atoms with Gasteiger partial charge >= 0.3 is 0 Å². The Morgan fingerprint density at radius 3 is 2.68 bits per heavy atom. The predicted octanol–water partition coefficient (Wildman–Crippen LogP) is 3.61. The quantitative estimate of drug-likeness (QED) is 0.875. The Kier molecular flexibility index (Phi) is 3.58. The molecule has 2 N–H and O–H groups in total. The molecule has 1 atom stereocenters. The van der Waals surface area contributed by atoms with E-state index in [9.17, 15) is 0 Å². The second kappa shape index (κ2) is 5.35. The van der Waals surface area contributed by atoms with Gasteiger partial charge in [0.05, 0.1) is 6.20 Å². The van der Waals surface area contributed by atoms with Gasteiger partial charge in [-0.2, -0.15) is 5.10 Å². The third-order valence-corrected chi connectivity index (χ3v) is 4.02. The number of hydrogen-bond acceptors (Lipinski definition) is 2. The predicted molar refractivity (Wildman–Crippen MR) is 77.1 cm³/mol. The van der Waals surface area contributed by atoms with Crippen LogP contribution in [-0.4, -0.2) is 10.2 Å². The maximum Gasteiger partial charge on any atom is 0.0535 e. The molecule has 3 nitrogen and oxygen atoms in total. The van der Waals surface area contributed by atoms with Crippen LogP contribution >= 0.6 is 11.6 Å². The Morgan fingerprint density at radius 2 is 2.11 bits per heavy atom. The number of aryl methyl sites for hydroxylation is 1. The van der Waals surface area contributed by atoms with Crippen LogP contribution in [0.25, 0.3) is 0 Å². The molecule has 0 saturated heterocycles. The molecule has 1 aromatic carbocycles. The average Bonchev–Trinajstić information content (AvgIpc) is 3.16. The summed E-state index contributed by atoms with van der Waals surface area (Å²) in [5.74, 6) is 0.758. The smallest absolute Gasteiger partial charge is 0.0535 e. The molecule has 0 unspecified atom stereocenters. The Labute approximate surface area is 118 Å². The monoisotopic (exact) mass is 275 g/mol. The molecular formula is C15H18ClN3. The first-order chi connectivity index (χ1) is 9.24. The van der Waals surface area contributed by atoms with E-state index in [1.807, 2.05) is 18.3 Å². The summed E-state index contributed by atoms with van der Waals surface area (Å²) in [4.78, 5) is 0. The Balaban J connectivity index is 1.71. The molecule has 0 bridgehead atoms. The molecule has 1 saturated carbocycles. The summed E-state index contributed by atoms with van der Waals surface area (Å²) < 4.78 is 0. The van der Waals surface area contributed by atoms with Gasteiger partial charge in [0.15, 0.2) is 0 Å². The van der Waals surface area contributed by atoms with Gasteiger partial charge in [0.1, 0.15) is 0 Å². The van der Waals surface area contributed by atoms with Gasteiger partial charge in [0.25, 0.3) is 0 Å². The summed E-state index contributed by atoms with van der Waals surface area (Å²) in [6, 6.07) is 8.61. The normalized spacial score (nSPS) is 16.5. The summed E-state index contributed by atoms with van der Waals surface area (Å²) in [6.07, 6.45) is 4.52. The molecule has 100 valence electrons. The molecule has 19 heavy (non-hydrogen) atoms. The van der Waals surface area contributed by atoms with Crippen molar-refractivity contribution in [1.29, 1.82) is 0 Å². The fourth-order valence-electron chi connectivity index (χ4n) is 2.43. The topological polar surface area (TPSA) is 40.7 Å². The van der Waals surface area contributed by atoms with Crippen LogP contribution in [0.5, 0.6) is 0 Å². The lowest BCUT2D eigenvalue weighted by Gasteiger charge is -2.18. The molecule has 0 spiro atoms. The summed E-state index contributed by atoms with van der Waals surface area (Å²) >= 11 is 5.96. The van der Waals surface area contributed by atoms with Crippen LogP contribution < -0.4 is 5.32 Å². The van der Waals surface area contributed by atoms with Gasteiger partial charge in [-0.15, -0.1) is 0 Å². The van der Waals surface area contributed by atoms with E-state index in [0.717, 1.165) is 23.2 Å². The SMILES string of the molecule is Cc1[nH]ncc1CN[C@@H](c1ccc(Cl)cc1)C1CC1. The minimum absolute atomic E-state index is 0.423. The van der Waals surface area contributed by atoms with Crippen molar-refractivity contribution < 1.29 is 0 Å². The van der Waals surface area contributed by atoms with E-state index < -0.39 is 0 Å². The van der Waals surface area contributed by atoms with Crippen LogP contribution in [0.4, 0.5) is 0 Å². The molecule has 1 aliphatic carbocycles. The van der Waals surface area contributed by atoms with Crippen LogP contribution in [0.15, 0.2) is 30.5 Å². The summed E-state index contributed by atoms with van der Waals surface area (Å²) in [6.45, 7) is 2.91. The van der Waals surface area contributed by atoms with Crippen molar-refractivity contribution in [2.75, 3.05) is 0 Å². The lowest BCUT2D eigenvalue weighted by atomic mass is 10.0. The molecule has 0 radical (unpaired) electrons. The zero-order chi connectivity index (χ0) is 13.2. The highest BCUT2D eigenvalue weighted by atomic mass is 35.5. The third kappa shape index (κ3) is 2.99. The summed E-state index contributed by atoms with van der Waals surface area (Å²) in [7, 11) is 0. The van der Waals surface area contributed by atoms with E-state index in [1.54, 1.807) is 0 Å². The van der Waals surface area contributed by atoms with Crippen molar-refractivity contribution in [2.45, 2.75) is 32.4 Å². The molecule has 1 aliphatic rings. The van der Waals surface area contributed by atoms with Gasteiger partial charge in [0.2, 0.25) is 0 Å². The highest BCUT2D eigenvalue weighted by Gasteiger charge is 2.31. The van der Waals surface area contributed by atoms with Gasteiger partial charge < -0.3 is 5.32 Å². The molecule has 0 aliphatic heterocycles. The number of H-pyrrole nitrogens is 1. The first kappa shape index (κ1) is 12.7. The fourth-order valence-corrected chi connectivity index (χ4v) is 2.56. The number of nitrogens with one attached hydrogen (secondary N) is 2. The minimum Gasteiger partial charge on any atom is -0.305 e. The molecule has 1 fully saturated rings. The lowest BCUT2D eigenvalue weighted by molar-refractivity contribution is 0.480. The molecule has 1 heterocycles. The number of hydrogen-bond donors (Lipinski definition) is 2. The summed E-state index contributed by atoms with van der Waals surface area (Å²) in [5.41, 5.74) is 3.70. The van der Waals surface area contributed by atoms with Crippen LogP contribution in [0, 0.1) is 12.8 Å². The second-order valence-corrected chi connectivity index (χ2v) is 5.70. The maximum absolute atomic E-state index is 5.96. The maximum atomic E-state index is 5.96. The number of halogens is 1. The van der Waals surface area contributed by atoms with Crippen molar-refractivity contribution in [3.63, 3.8) is 0 Å². The highest BCUT2D eigenvalue weighted by Crippen LogP contribution is 2.41. The molecule has 1 aromatic heterocycles. The summed E-state index contributed by atoms with van der Waals surface area (Å²) in [5, 5.41) is 11.5. The van der Waals surface area contributed by atoms with E-state index in [4.69, 9.17) is 11.6 Å². The van der Waals surface area contributed by atoms with Gasteiger partial charge in [-0.05, 0) is 43.4 Å². The Morgan fingerprint density at radius 1 is 1.37 bits per heavy atom. The van der Waals surface area contributed by atoms with Gasteiger partial charge in [-0.1, -0.05) is 23.7 Å². The van der Waals surface area contributed by atoms with Crippen molar-refractivity contribution >= 4 is 11.6 Å². The minimum atomic E-state index is 0.423. The van der Waals surface area contributed by atoms with Crippen LogP contribution in [-0.2, 0) is 6.54 Å². The molecule has 2 aromatic rings. The van der Waals surface area contributed by atoms with E-state index in [0.29, 0.717) is 6.04 Å². The van der Waals surface area contributed by atoms with Crippen molar-refractivity contribution in [2.24, 2.45) is 5.92 Å². The number of aromatic amines is 1. The first-order valence-electron chi connectivity index (χ1n) is 6.72. The second-order valence-electron chi connectivity index (χ2n) is 5.27. The molecule has 0 amide bonds. The molecule has 4 heteroatoms. The van der Waals surface area contributed by atoms with Gasteiger partial charge in [-0.3, -0.25) is 5.10 Å². The van der Waals surface area contributed by atoms with E-state index in [1.165, 1.54) is 24.0 Å². The standard InChI is InChI=1S/C15H18ClN3/c1-10-13(9-18-19-10)8-17-15(11-2-3-11)12-4-6-14(16)7-5-12/h4-7,9,11,15,17H,2-3,8H2,1H3,(H,18,19)/t15-/m1/s1. The highest BCUT2D eigenvalue weighted by molar-refractivity contribution is 6.30. The zero-order valence-corrected chi connectivity index (χ0v) is 11.7. The van der Waals surface area contributed by atoms with E-state index >= 15 is 0 Å². The largest absolute Gasteiger partial charge is 0.305 e. The van der Waals surface area contributed by atoms with Gasteiger partial charge in [-0.25, -0.2) is 0 Å². The fraction of sp³-hybridized carbons (Fsp3) is 0.400. The lowest BCUT2D eigenvalue weighted by Crippen LogP contribution is -2.22. The number of benzene rings is 1. The number of rotatable bonds is 5. The van der Waals surface area contributed by atoms with Crippen molar-refractivity contribution in [3.8, 4) is 0 Å². The number of aromatic nitrogens is 2. The van der Waals surface area contributed by atoms with E-state index in [2.05, 4.69) is 34.6 Å². The first-order valence-corrected chi connectivity index (χ1v) is 7.09. The Hall–Kier alpha value is -1.32. The van der Waals surface area contributed by atoms with Crippen molar-refractivity contribution in [3.05, 3.63) is 52.3 Å². The number of nitrogens with zero attached hydrogens (tertiary/aromatic N) is 1.